The zero-order valence-corrected chi connectivity index (χ0v) is 13.6. The predicted octanol–water partition coefficient (Wildman–Crippen LogP) is 1.78. The van der Waals surface area contributed by atoms with Crippen molar-refractivity contribution in [2.45, 2.75) is 19.3 Å². The van der Waals surface area contributed by atoms with E-state index in [2.05, 4.69) is 10.3 Å². The Balaban J connectivity index is 0.000001000. The average molecular weight is 339 g/mol. The van der Waals surface area contributed by atoms with E-state index in [-0.39, 0.29) is 30.7 Å². The van der Waals surface area contributed by atoms with Crippen molar-refractivity contribution in [2.75, 3.05) is 31.9 Å². The van der Waals surface area contributed by atoms with E-state index in [1.165, 1.54) is 24.2 Å². The summed E-state index contributed by atoms with van der Waals surface area (Å²) in [5, 5.41) is 3.88. The number of rotatable bonds is 1. The number of nitrogens with zero attached hydrogens (tertiary/aromatic N) is 2. The Morgan fingerprint density at radius 1 is 1.45 bits per heavy atom. The number of likely N-dealkylation sites (tertiary alicyclic amines) is 1. The molecule has 1 spiro atoms. The third kappa shape index (κ3) is 3.36. The zero-order chi connectivity index (χ0) is 12.6. The van der Waals surface area contributed by atoms with Crippen LogP contribution < -0.4 is 11.1 Å². The van der Waals surface area contributed by atoms with Gasteiger partial charge in [-0.15, -0.1) is 24.8 Å². The molecule has 1 aromatic rings. The average Bonchev–Trinajstić information content (AvgIpc) is 2.98. The summed E-state index contributed by atoms with van der Waals surface area (Å²) in [7, 11) is 0. The first-order chi connectivity index (χ1) is 8.69. The van der Waals surface area contributed by atoms with Gasteiger partial charge in [-0.3, -0.25) is 4.79 Å². The highest BCUT2D eigenvalue weighted by Crippen LogP contribution is 2.36. The second-order valence-corrected chi connectivity index (χ2v) is 6.38. The third-order valence-corrected chi connectivity index (χ3v) is 4.83. The zero-order valence-electron chi connectivity index (χ0n) is 11.1. The number of thiazole rings is 1. The van der Waals surface area contributed by atoms with Crippen molar-refractivity contribution in [3.63, 3.8) is 0 Å². The maximum Gasteiger partial charge on any atom is 0.265 e. The van der Waals surface area contributed by atoms with Gasteiger partial charge in [-0.25, -0.2) is 4.98 Å². The lowest BCUT2D eigenvalue weighted by Gasteiger charge is -2.39. The molecule has 3 heterocycles. The highest BCUT2D eigenvalue weighted by Gasteiger charge is 2.39. The van der Waals surface area contributed by atoms with Gasteiger partial charge >= 0.3 is 0 Å². The summed E-state index contributed by atoms with van der Waals surface area (Å²) in [6.07, 6.45) is 5.11. The topological polar surface area (TPSA) is 71.2 Å². The normalized spacial score (nSPS) is 25.1. The predicted molar refractivity (Wildman–Crippen MR) is 86.1 cm³/mol. The van der Waals surface area contributed by atoms with Crippen molar-refractivity contribution in [3.05, 3.63) is 11.1 Å². The number of piperidine rings is 1. The molecule has 0 bridgehead atoms. The Hall–Kier alpha value is -0.560. The summed E-state index contributed by atoms with van der Waals surface area (Å²) in [5.74, 6) is 0.0928. The Labute approximate surface area is 135 Å². The van der Waals surface area contributed by atoms with Crippen molar-refractivity contribution in [3.8, 4) is 0 Å². The fraction of sp³-hybridized carbons (Fsp3) is 0.667. The molecule has 0 saturated carbocycles. The molecule has 5 nitrogen and oxygen atoms in total. The van der Waals surface area contributed by atoms with E-state index in [0.717, 1.165) is 32.6 Å². The molecule has 3 N–H and O–H groups in total. The number of nitrogens with two attached hydrogens (primary N) is 1. The number of halogens is 2. The largest absolute Gasteiger partial charge is 0.375 e. The molecule has 1 unspecified atom stereocenters. The van der Waals surface area contributed by atoms with Gasteiger partial charge in [0.05, 0.1) is 6.20 Å². The van der Waals surface area contributed by atoms with Crippen molar-refractivity contribution >= 4 is 47.2 Å². The van der Waals surface area contributed by atoms with Crippen LogP contribution in [0.4, 0.5) is 5.13 Å². The van der Waals surface area contributed by atoms with E-state index >= 15 is 0 Å². The van der Waals surface area contributed by atoms with Crippen LogP contribution in [-0.4, -0.2) is 42.0 Å². The number of aromatic nitrogens is 1. The van der Waals surface area contributed by atoms with Gasteiger partial charge < -0.3 is 16.0 Å². The summed E-state index contributed by atoms with van der Waals surface area (Å²) in [6, 6.07) is 0. The molecule has 2 fully saturated rings. The molecular formula is C12H20Cl2N4OS. The molecule has 1 amide bonds. The lowest BCUT2D eigenvalue weighted by molar-refractivity contribution is 0.0558. The minimum absolute atomic E-state index is 0. The molecular weight excluding hydrogens is 319 g/mol. The summed E-state index contributed by atoms with van der Waals surface area (Å²) in [4.78, 5) is 19.0. The van der Waals surface area contributed by atoms with E-state index < -0.39 is 0 Å². The van der Waals surface area contributed by atoms with Crippen LogP contribution in [0.3, 0.4) is 0 Å². The maximum absolute atomic E-state index is 12.4. The van der Waals surface area contributed by atoms with Gasteiger partial charge in [0.2, 0.25) is 0 Å². The van der Waals surface area contributed by atoms with Gasteiger partial charge in [0.15, 0.2) is 5.13 Å². The van der Waals surface area contributed by atoms with E-state index in [9.17, 15) is 4.79 Å². The standard InChI is InChI=1S/C12H18N4OS.2ClH/c13-11-15-6-9(18-11)10(17)16-5-1-2-12(8-16)3-4-14-7-12;;/h6,14H,1-5,7-8H2,(H2,13,15);2*1H. The number of hydrogen-bond donors (Lipinski definition) is 2. The molecule has 0 radical (unpaired) electrons. The number of carbonyl (C=O) groups is 1. The van der Waals surface area contributed by atoms with Gasteiger partial charge in [0.1, 0.15) is 4.88 Å². The molecule has 2 aliphatic rings. The molecule has 1 atom stereocenters. The maximum atomic E-state index is 12.4. The first kappa shape index (κ1) is 17.5. The lowest BCUT2D eigenvalue weighted by Crippen LogP contribution is -2.46. The molecule has 114 valence electrons. The number of amides is 1. The Morgan fingerprint density at radius 3 is 2.85 bits per heavy atom. The van der Waals surface area contributed by atoms with Crippen molar-refractivity contribution < 1.29 is 4.79 Å². The Morgan fingerprint density at radius 2 is 2.25 bits per heavy atom. The molecule has 2 saturated heterocycles. The Bertz CT molecular complexity index is 462. The van der Waals surface area contributed by atoms with Gasteiger partial charge in [-0.1, -0.05) is 11.3 Å². The highest BCUT2D eigenvalue weighted by molar-refractivity contribution is 7.17. The first-order valence-corrected chi connectivity index (χ1v) is 7.22. The smallest absolute Gasteiger partial charge is 0.265 e. The highest BCUT2D eigenvalue weighted by atomic mass is 35.5. The number of hydrogen-bond acceptors (Lipinski definition) is 5. The molecule has 1 aromatic heterocycles. The van der Waals surface area contributed by atoms with Crippen LogP contribution in [0.1, 0.15) is 28.9 Å². The first-order valence-electron chi connectivity index (χ1n) is 6.40. The molecule has 3 rings (SSSR count). The van der Waals surface area contributed by atoms with Crippen LogP contribution in [0.2, 0.25) is 0 Å². The minimum Gasteiger partial charge on any atom is -0.375 e. The Kier molecular flexibility index (Phi) is 6.06. The summed E-state index contributed by atoms with van der Waals surface area (Å²) in [5.41, 5.74) is 5.90. The monoisotopic (exact) mass is 338 g/mol. The van der Waals surface area contributed by atoms with Crippen molar-refractivity contribution in [2.24, 2.45) is 5.41 Å². The van der Waals surface area contributed by atoms with Gasteiger partial charge in [-0.05, 0) is 25.8 Å². The van der Waals surface area contributed by atoms with E-state index in [1.54, 1.807) is 6.20 Å². The molecule has 8 heteroatoms. The van der Waals surface area contributed by atoms with E-state index in [4.69, 9.17) is 5.73 Å². The molecule has 20 heavy (non-hydrogen) atoms. The SMILES string of the molecule is Cl.Cl.Nc1ncc(C(=O)N2CCCC3(CCNC3)C2)s1. The van der Waals surface area contributed by atoms with Gasteiger partial charge in [0, 0.05) is 25.0 Å². The second kappa shape index (κ2) is 6.93. The van der Waals surface area contributed by atoms with Crippen LogP contribution in [0, 0.1) is 5.41 Å². The second-order valence-electron chi connectivity index (χ2n) is 5.32. The quantitative estimate of drug-likeness (QED) is 0.818. The van der Waals surface area contributed by atoms with Crippen LogP contribution in [0.5, 0.6) is 0 Å². The van der Waals surface area contributed by atoms with Crippen LogP contribution in [0.15, 0.2) is 6.20 Å². The third-order valence-electron chi connectivity index (χ3n) is 4.02. The van der Waals surface area contributed by atoms with Crippen LogP contribution in [0.25, 0.3) is 0 Å². The van der Waals surface area contributed by atoms with Gasteiger partial charge in [0.25, 0.3) is 5.91 Å². The van der Waals surface area contributed by atoms with Crippen molar-refractivity contribution in [1.82, 2.24) is 15.2 Å². The summed E-state index contributed by atoms with van der Waals surface area (Å²) in [6.45, 7) is 3.85. The number of carbonyl (C=O) groups excluding carboxylic acids is 1. The summed E-state index contributed by atoms with van der Waals surface area (Å²) < 4.78 is 0. The van der Waals surface area contributed by atoms with Crippen LogP contribution in [-0.2, 0) is 0 Å². The van der Waals surface area contributed by atoms with E-state index in [0.29, 0.717) is 15.4 Å². The van der Waals surface area contributed by atoms with Crippen LogP contribution >= 0.6 is 36.2 Å². The number of anilines is 1. The summed E-state index contributed by atoms with van der Waals surface area (Å²) >= 11 is 1.28. The minimum atomic E-state index is 0. The lowest BCUT2D eigenvalue weighted by atomic mass is 9.79. The number of nitrogens with one attached hydrogen (secondary N) is 1. The fourth-order valence-corrected chi connectivity index (χ4v) is 3.72. The van der Waals surface area contributed by atoms with Crippen molar-refractivity contribution in [1.29, 1.82) is 0 Å². The molecule has 2 aliphatic heterocycles. The number of nitrogen functional groups attached to an aromatic ring is 1. The fourth-order valence-electron chi connectivity index (χ4n) is 3.07. The van der Waals surface area contributed by atoms with Gasteiger partial charge in [-0.2, -0.15) is 0 Å². The van der Waals surface area contributed by atoms with E-state index in [1.807, 2.05) is 4.90 Å². The molecule has 0 aliphatic carbocycles. The molecule has 0 aromatic carbocycles.